The highest BCUT2D eigenvalue weighted by atomic mass is 16.6. The van der Waals surface area contributed by atoms with Gasteiger partial charge >= 0.3 is 5.69 Å². The fraction of sp³-hybridized carbons (Fsp3) is 0.429. The van der Waals surface area contributed by atoms with Gasteiger partial charge in [0.1, 0.15) is 25.6 Å². The topological polar surface area (TPSA) is 75.1 Å². The summed E-state index contributed by atoms with van der Waals surface area (Å²) in [5.74, 6) is 2.56. The van der Waals surface area contributed by atoms with Gasteiger partial charge in [-0.25, -0.2) is 4.79 Å². The van der Waals surface area contributed by atoms with E-state index in [2.05, 4.69) is 29.8 Å². The van der Waals surface area contributed by atoms with Crippen molar-refractivity contribution in [3.05, 3.63) is 64.6 Å². The molecule has 2 aliphatic rings. The number of hydrogen-bond acceptors (Lipinski definition) is 7. The summed E-state index contributed by atoms with van der Waals surface area (Å²) in [5, 5.41) is 0. The number of aromatic nitrogens is 2. The van der Waals surface area contributed by atoms with Gasteiger partial charge in [0.2, 0.25) is 5.88 Å². The molecule has 0 radical (unpaired) electrons. The fourth-order valence-corrected chi connectivity index (χ4v) is 4.71. The molecule has 0 amide bonds. The number of likely N-dealkylation sites (N-methyl/N-ethyl adjacent to an activating group) is 1. The molecule has 3 aromatic rings. The van der Waals surface area contributed by atoms with Gasteiger partial charge in [0.25, 0.3) is 0 Å². The summed E-state index contributed by atoms with van der Waals surface area (Å²) in [6.45, 7) is 9.23. The zero-order chi connectivity index (χ0) is 24.9. The number of rotatable bonds is 10. The Bertz CT molecular complexity index is 1260. The Hall–Kier alpha value is -3.52. The first-order valence-electron chi connectivity index (χ1n) is 12.8. The Morgan fingerprint density at radius 2 is 1.94 bits per heavy atom. The molecule has 8 heteroatoms. The minimum absolute atomic E-state index is 0.233. The molecule has 190 valence electrons. The van der Waals surface area contributed by atoms with Gasteiger partial charge in [0, 0.05) is 24.7 Å². The molecule has 0 saturated heterocycles. The lowest BCUT2D eigenvalue weighted by Crippen LogP contribution is -2.35. The smallest absolute Gasteiger partial charge is 0.351 e. The van der Waals surface area contributed by atoms with Crippen molar-refractivity contribution >= 4 is 0 Å². The predicted octanol–water partition coefficient (Wildman–Crippen LogP) is 3.80. The quantitative estimate of drug-likeness (QED) is 0.427. The molecule has 8 nitrogen and oxygen atoms in total. The van der Waals surface area contributed by atoms with Crippen LogP contribution in [-0.4, -0.2) is 60.0 Å². The van der Waals surface area contributed by atoms with Gasteiger partial charge in [-0.2, -0.15) is 4.98 Å². The maximum Gasteiger partial charge on any atom is 0.351 e. The van der Waals surface area contributed by atoms with E-state index in [9.17, 15) is 4.79 Å². The van der Waals surface area contributed by atoms with Crippen molar-refractivity contribution in [2.75, 3.05) is 39.5 Å². The monoisotopic (exact) mass is 491 g/mol. The molecular formula is C28H33N3O5. The summed E-state index contributed by atoms with van der Waals surface area (Å²) in [7, 11) is 0. The van der Waals surface area contributed by atoms with Gasteiger partial charge in [-0.05, 0) is 61.8 Å². The number of ether oxygens (including phenoxy) is 4. The normalized spacial score (nSPS) is 15.8. The maximum atomic E-state index is 12.7. The van der Waals surface area contributed by atoms with E-state index in [-0.39, 0.29) is 24.3 Å². The zero-order valence-electron chi connectivity index (χ0n) is 20.9. The Labute approximate surface area is 211 Å². The van der Waals surface area contributed by atoms with E-state index in [0.717, 1.165) is 60.8 Å². The van der Waals surface area contributed by atoms with Crippen LogP contribution in [0.1, 0.15) is 25.8 Å². The van der Waals surface area contributed by atoms with E-state index in [0.29, 0.717) is 25.5 Å². The van der Waals surface area contributed by atoms with Crippen LogP contribution in [0.2, 0.25) is 0 Å². The third kappa shape index (κ3) is 5.33. The van der Waals surface area contributed by atoms with Crippen LogP contribution in [-0.2, 0) is 13.0 Å². The minimum atomic E-state index is -0.310. The third-order valence-corrected chi connectivity index (χ3v) is 6.59. The van der Waals surface area contributed by atoms with Crippen molar-refractivity contribution in [2.45, 2.75) is 39.3 Å². The molecular weight excluding hydrogens is 458 g/mol. The van der Waals surface area contributed by atoms with E-state index in [4.69, 9.17) is 18.9 Å². The first-order valence-corrected chi connectivity index (χ1v) is 12.8. The molecule has 36 heavy (non-hydrogen) atoms. The van der Waals surface area contributed by atoms with Crippen molar-refractivity contribution < 1.29 is 18.9 Å². The minimum Gasteiger partial charge on any atom is -0.492 e. The van der Waals surface area contributed by atoms with Gasteiger partial charge in [0.05, 0.1) is 5.69 Å². The first-order chi connectivity index (χ1) is 17.6. The second-order valence-electron chi connectivity index (χ2n) is 9.07. The summed E-state index contributed by atoms with van der Waals surface area (Å²) in [6.07, 6.45) is 1.61. The standard InChI is InChI=1S/C28H33N3O5/c1-3-12-30(4-2)14-15-33-21-9-10-23-20(16-21)11-13-31-24(23)17-27(29-28(31)32)35-19-22-18-34-25-7-5-6-8-26(25)36-22/h5-10,16-17,22H,3-4,11-15,18-19H2,1-2H3. The molecule has 0 saturated carbocycles. The summed E-state index contributed by atoms with van der Waals surface area (Å²) in [6, 6.07) is 15.5. The largest absolute Gasteiger partial charge is 0.492 e. The van der Waals surface area contributed by atoms with Crippen LogP contribution in [0.5, 0.6) is 23.1 Å². The lowest BCUT2D eigenvalue weighted by Gasteiger charge is -2.26. The summed E-state index contributed by atoms with van der Waals surface area (Å²) < 4.78 is 25.3. The third-order valence-electron chi connectivity index (χ3n) is 6.59. The second-order valence-corrected chi connectivity index (χ2v) is 9.07. The van der Waals surface area contributed by atoms with Crippen molar-refractivity contribution in [1.29, 1.82) is 0 Å². The Morgan fingerprint density at radius 3 is 2.78 bits per heavy atom. The van der Waals surface area contributed by atoms with Crippen LogP contribution in [0.15, 0.2) is 53.3 Å². The maximum absolute atomic E-state index is 12.7. The molecule has 2 aliphatic heterocycles. The molecule has 5 rings (SSSR count). The average Bonchev–Trinajstić information content (AvgIpc) is 2.91. The number of nitrogens with zero attached hydrogens (tertiary/aromatic N) is 3. The fourth-order valence-electron chi connectivity index (χ4n) is 4.71. The second kappa shape index (κ2) is 11.0. The van der Waals surface area contributed by atoms with Crippen LogP contribution < -0.4 is 24.6 Å². The van der Waals surface area contributed by atoms with Crippen LogP contribution >= 0.6 is 0 Å². The van der Waals surface area contributed by atoms with Gasteiger partial charge in [0.15, 0.2) is 17.6 Å². The molecule has 1 aromatic heterocycles. The molecule has 0 fully saturated rings. The number of para-hydroxylation sites is 2. The lowest BCUT2D eigenvalue weighted by atomic mass is 9.97. The van der Waals surface area contributed by atoms with Crippen LogP contribution in [0.25, 0.3) is 11.3 Å². The molecule has 2 aromatic carbocycles. The SMILES string of the molecule is CCCN(CC)CCOc1ccc2c(c1)CCn1c-2cc(OCC2COc3ccccc3O2)nc1=O. The van der Waals surface area contributed by atoms with E-state index < -0.39 is 0 Å². The van der Waals surface area contributed by atoms with E-state index in [1.165, 1.54) is 0 Å². The van der Waals surface area contributed by atoms with Crippen LogP contribution in [0, 0.1) is 0 Å². The molecule has 0 aliphatic carbocycles. The summed E-state index contributed by atoms with van der Waals surface area (Å²) in [5.41, 5.74) is 2.66. The molecule has 1 unspecified atom stereocenters. The van der Waals surface area contributed by atoms with Crippen molar-refractivity contribution in [3.63, 3.8) is 0 Å². The lowest BCUT2D eigenvalue weighted by molar-refractivity contribution is 0.0520. The Morgan fingerprint density at radius 1 is 1.08 bits per heavy atom. The summed E-state index contributed by atoms with van der Waals surface area (Å²) >= 11 is 0. The Balaban J connectivity index is 1.26. The predicted molar refractivity (Wildman–Crippen MR) is 137 cm³/mol. The van der Waals surface area contributed by atoms with Gasteiger partial charge in [-0.1, -0.05) is 26.0 Å². The van der Waals surface area contributed by atoms with E-state index in [1.807, 2.05) is 42.5 Å². The van der Waals surface area contributed by atoms with Gasteiger partial charge in [-0.3, -0.25) is 4.57 Å². The van der Waals surface area contributed by atoms with Crippen molar-refractivity contribution in [1.82, 2.24) is 14.5 Å². The highest BCUT2D eigenvalue weighted by Gasteiger charge is 2.23. The van der Waals surface area contributed by atoms with E-state index in [1.54, 1.807) is 4.57 Å². The zero-order valence-corrected chi connectivity index (χ0v) is 20.9. The molecule has 3 heterocycles. The van der Waals surface area contributed by atoms with Crippen LogP contribution in [0.3, 0.4) is 0 Å². The summed E-state index contributed by atoms with van der Waals surface area (Å²) in [4.78, 5) is 19.3. The van der Waals surface area contributed by atoms with Gasteiger partial charge in [-0.15, -0.1) is 0 Å². The van der Waals surface area contributed by atoms with Crippen molar-refractivity contribution in [2.24, 2.45) is 0 Å². The number of hydrogen-bond donors (Lipinski definition) is 0. The highest BCUT2D eigenvalue weighted by molar-refractivity contribution is 5.67. The van der Waals surface area contributed by atoms with Crippen molar-refractivity contribution in [3.8, 4) is 34.4 Å². The average molecular weight is 492 g/mol. The highest BCUT2D eigenvalue weighted by Crippen LogP contribution is 2.33. The molecule has 0 N–H and O–H groups in total. The first kappa shape index (κ1) is 24.2. The number of aryl methyl sites for hydroxylation is 1. The number of benzene rings is 2. The number of fused-ring (bicyclic) bond motifs is 4. The molecule has 1 atom stereocenters. The van der Waals surface area contributed by atoms with E-state index >= 15 is 0 Å². The molecule has 0 bridgehead atoms. The van der Waals surface area contributed by atoms with Crippen LogP contribution in [0.4, 0.5) is 0 Å². The molecule has 0 spiro atoms. The van der Waals surface area contributed by atoms with Gasteiger partial charge < -0.3 is 23.8 Å². The Kier molecular flexibility index (Phi) is 7.41.